The molecule has 0 aliphatic carbocycles. The Morgan fingerprint density at radius 3 is 3.11 bits per heavy atom. The van der Waals surface area contributed by atoms with Gasteiger partial charge in [-0.2, -0.15) is 0 Å². The lowest BCUT2D eigenvalue weighted by Crippen LogP contribution is -1.89. The summed E-state index contributed by atoms with van der Waals surface area (Å²) in [5.41, 5.74) is 4.07. The Bertz CT molecular complexity index is 686. The number of nitrogens with zero attached hydrogens (tertiary/aromatic N) is 2. The van der Waals surface area contributed by atoms with Crippen molar-refractivity contribution in [1.82, 2.24) is 15.0 Å². The van der Waals surface area contributed by atoms with Crippen LogP contribution in [0.25, 0.3) is 22.3 Å². The van der Waals surface area contributed by atoms with Gasteiger partial charge in [-0.3, -0.25) is 0 Å². The number of aromatic amines is 1. The van der Waals surface area contributed by atoms with Gasteiger partial charge in [0.05, 0.1) is 28.1 Å². The van der Waals surface area contributed by atoms with E-state index in [1.165, 1.54) is 4.88 Å². The summed E-state index contributed by atoms with van der Waals surface area (Å²) in [4.78, 5) is 13.1. The van der Waals surface area contributed by atoms with E-state index in [2.05, 4.69) is 27.9 Å². The van der Waals surface area contributed by atoms with Crippen LogP contribution in [0.15, 0.2) is 24.5 Å². The van der Waals surface area contributed by atoms with Gasteiger partial charge in [0.15, 0.2) is 0 Å². The zero-order chi connectivity index (χ0) is 12.5. The molecule has 0 amide bonds. The molecule has 0 spiro atoms. The Kier molecular flexibility index (Phi) is 2.85. The molecule has 2 aromatic heterocycles. The highest BCUT2D eigenvalue weighted by atomic mass is 32.1. The van der Waals surface area contributed by atoms with Crippen molar-refractivity contribution in [3.05, 3.63) is 34.4 Å². The Morgan fingerprint density at radius 1 is 1.39 bits per heavy atom. The molecule has 0 saturated heterocycles. The van der Waals surface area contributed by atoms with E-state index >= 15 is 0 Å². The quantitative estimate of drug-likeness (QED) is 0.759. The summed E-state index contributed by atoms with van der Waals surface area (Å²) >= 11 is 1.64. The van der Waals surface area contributed by atoms with Crippen molar-refractivity contribution in [2.45, 2.75) is 13.3 Å². The van der Waals surface area contributed by atoms with Crippen LogP contribution in [0, 0.1) is 6.92 Å². The molecule has 3 aromatic rings. The predicted octanol–water partition coefficient (Wildman–Crippen LogP) is 2.53. The second kappa shape index (κ2) is 4.51. The highest BCUT2D eigenvalue weighted by Crippen LogP contribution is 2.29. The van der Waals surface area contributed by atoms with Gasteiger partial charge in [-0.1, -0.05) is 6.07 Å². The summed E-state index contributed by atoms with van der Waals surface area (Å²) in [5, 5.41) is 9.94. The lowest BCUT2D eigenvalue weighted by molar-refractivity contribution is 0.299. The summed E-state index contributed by atoms with van der Waals surface area (Å²) in [6.07, 6.45) is 2.32. The number of aryl methyl sites for hydroxylation is 1. The normalized spacial score (nSPS) is 11.2. The Balaban J connectivity index is 2.07. The van der Waals surface area contributed by atoms with Gasteiger partial charge in [-0.25, -0.2) is 9.97 Å². The Morgan fingerprint density at radius 2 is 2.28 bits per heavy atom. The number of aliphatic hydroxyl groups is 1. The maximum atomic E-state index is 8.96. The smallest absolute Gasteiger partial charge is 0.0958 e. The fourth-order valence-corrected chi connectivity index (χ4v) is 2.95. The third kappa shape index (κ3) is 1.91. The molecule has 4 nitrogen and oxygen atoms in total. The first-order valence-corrected chi connectivity index (χ1v) is 6.60. The molecule has 2 N–H and O–H groups in total. The van der Waals surface area contributed by atoms with E-state index in [1.54, 1.807) is 17.7 Å². The largest absolute Gasteiger partial charge is 0.396 e. The lowest BCUT2D eigenvalue weighted by Gasteiger charge is -1.98. The van der Waals surface area contributed by atoms with Crippen molar-refractivity contribution in [2.75, 3.05) is 6.61 Å². The van der Waals surface area contributed by atoms with Crippen LogP contribution in [-0.4, -0.2) is 26.7 Å². The molecule has 0 atom stereocenters. The zero-order valence-corrected chi connectivity index (χ0v) is 10.8. The van der Waals surface area contributed by atoms with E-state index in [0.29, 0.717) is 6.42 Å². The van der Waals surface area contributed by atoms with Gasteiger partial charge in [0.25, 0.3) is 0 Å². The summed E-state index contributed by atoms with van der Waals surface area (Å²) in [5.74, 6) is 0. The van der Waals surface area contributed by atoms with Gasteiger partial charge >= 0.3 is 0 Å². The second-order valence-electron chi connectivity index (χ2n) is 4.12. The number of H-pyrrole nitrogens is 1. The molecule has 2 heterocycles. The minimum Gasteiger partial charge on any atom is -0.396 e. The van der Waals surface area contributed by atoms with E-state index in [0.717, 1.165) is 27.3 Å². The number of hydrogen-bond acceptors (Lipinski definition) is 4. The summed E-state index contributed by atoms with van der Waals surface area (Å²) in [6.45, 7) is 2.21. The van der Waals surface area contributed by atoms with Crippen LogP contribution in [0.3, 0.4) is 0 Å². The summed E-state index contributed by atoms with van der Waals surface area (Å²) in [7, 11) is 0. The van der Waals surface area contributed by atoms with Crippen molar-refractivity contribution >= 4 is 22.4 Å². The van der Waals surface area contributed by atoms with Gasteiger partial charge in [0.1, 0.15) is 0 Å². The molecule has 0 fully saturated rings. The van der Waals surface area contributed by atoms with Crippen molar-refractivity contribution < 1.29 is 5.11 Å². The number of benzene rings is 1. The van der Waals surface area contributed by atoms with Crippen molar-refractivity contribution in [2.24, 2.45) is 0 Å². The molecule has 18 heavy (non-hydrogen) atoms. The highest BCUT2D eigenvalue weighted by Gasteiger charge is 2.10. The molecule has 5 heteroatoms. The zero-order valence-electron chi connectivity index (χ0n) is 9.97. The van der Waals surface area contributed by atoms with Crippen LogP contribution in [-0.2, 0) is 6.42 Å². The molecule has 0 aliphatic rings. The summed E-state index contributed by atoms with van der Waals surface area (Å²) < 4.78 is 0. The Hall–Kier alpha value is -1.72. The SMILES string of the molecule is Cc1sc(CCO)nc1-c1ccc2nc[nH]c2c1. The number of aromatic nitrogens is 3. The van der Waals surface area contributed by atoms with Crippen LogP contribution in [0.5, 0.6) is 0 Å². The number of thiazole rings is 1. The van der Waals surface area contributed by atoms with E-state index < -0.39 is 0 Å². The fraction of sp³-hybridized carbons (Fsp3) is 0.231. The standard InChI is InChI=1S/C13H13N3OS/c1-8-13(16-12(18-8)4-5-17)9-2-3-10-11(6-9)15-7-14-10/h2-3,6-7,17H,4-5H2,1H3,(H,14,15). The minimum atomic E-state index is 0.145. The van der Waals surface area contributed by atoms with Crippen LogP contribution >= 0.6 is 11.3 Å². The molecule has 0 bridgehead atoms. The number of hydrogen-bond donors (Lipinski definition) is 2. The summed E-state index contributed by atoms with van der Waals surface area (Å²) in [6, 6.07) is 6.09. The van der Waals surface area contributed by atoms with Crippen LogP contribution in [0.2, 0.25) is 0 Å². The second-order valence-corrected chi connectivity index (χ2v) is 5.41. The van der Waals surface area contributed by atoms with E-state index in [-0.39, 0.29) is 6.61 Å². The minimum absolute atomic E-state index is 0.145. The topological polar surface area (TPSA) is 61.8 Å². The monoisotopic (exact) mass is 259 g/mol. The number of fused-ring (bicyclic) bond motifs is 1. The van der Waals surface area contributed by atoms with Gasteiger partial charge in [0, 0.05) is 23.5 Å². The first-order chi connectivity index (χ1) is 8.78. The molecule has 0 saturated carbocycles. The number of aliphatic hydroxyl groups excluding tert-OH is 1. The maximum absolute atomic E-state index is 8.96. The number of rotatable bonds is 3. The fourth-order valence-electron chi connectivity index (χ4n) is 2.00. The van der Waals surface area contributed by atoms with E-state index in [9.17, 15) is 0 Å². The average molecular weight is 259 g/mol. The first kappa shape index (κ1) is 11.4. The van der Waals surface area contributed by atoms with Gasteiger partial charge in [0.2, 0.25) is 0 Å². The predicted molar refractivity (Wildman–Crippen MR) is 72.7 cm³/mol. The maximum Gasteiger partial charge on any atom is 0.0958 e. The van der Waals surface area contributed by atoms with Gasteiger partial charge in [-0.05, 0) is 19.1 Å². The van der Waals surface area contributed by atoms with E-state index in [4.69, 9.17) is 5.11 Å². The average Bonchev–Trinajstić information content (AvgIpc) is 2.95. The van der Waals surface area contributed by atoms with Crippen LogP contribution < -0.4 is 0 Å². The molecule has 0 aliphatic heterocycles. The Labute approximate surface area is 108 Å². The first-order valence-electron chi connectivity index (χ1n) is 5.78. The van der Waals surface area contributed by atoms with Gasteiger partial charge in [-0.15, -0.1) is 11.3 Å². The number of imidazole rings is 1. The molecular formula is C13H13N3OS. The van der Waals surface area contributed by atoms with Crippen molar-refractivity contribution in [3.63, 3.8) is 0 Å². The van der Waals surface area contributed by atoms with Crippen LogP contribution in [0.1, 0.15) is 9.88 Å². The van der Waals surface area contributed by atoms with E-state index in [1.807, 2.05) is 12.1 Å². The van der Waals surface area contributed by atoms with Crippen LogP contribution in [0.4, 0.5) is 0 Å². The molecule has 0 unspecified atom stereocenters. The molecule has 3 rings (SSSR count). The van der Waals surface area contributed by atoms with Crippen molar-refractivity contribution in [3.8, 4) is 11.3 Å². The molecule has 0 radical (unpaired) electrons. The molecule has 1 aromatic carbocycles. The molecular weight excluding hydrogens is 246 g/mol. The third-order valence-corrected chi connectivity index (χ3v) is 3.89. The molecule has 92 valence electrons. The highest BCUT2D eigenvalue weighted by molar-refractivity contribution is 7.12. The van der Waals surface area contributed by atoms with Gasteiger partial charge < -0.3 is 10.1 Å². The lowest BCUT2D eigenvalue weighted by atomic mass is 10.1. The third-order valence-electron chi connectivity index (χ3n) is 2.86. The number of nitrogens with one attached hydrogen (secondary N) is 1. The van der Waals surface area contributed by atoms with Crippen molar-refractivity contribution in [1.29, 1.82) is 0 Å².